The van der Waals surface area contributed by atoms with Crippen LogP contribution >= 0.6 is 12.0 Å². The Morgan fingerprint density at radius 2 is 2.00 bits per heavy atom. The molecule has 1 unspecified atom stereocenters. The van der Waals surface area contributed by atoms with Crippen molar-refractivity contribution in [2.75, 3.05) is 25.4 Å². The molecule has 1 aromatic heterocycles. The number of aromatic nitrogens is 1. The molecule has 1 aliphatic rings. The number of nitrogens with one attached hydrogen (secondary N) is 2. The van der Waals surface area contributed by atoms with E-state index in [2.05, 4.69) is 15.6 Å². The van der Waals surface area contributed by atoms with Gasteiger partial charge in [0.05, 0.1) is 12.1 Å². The minimum absolute atomic E-state index is 0.0916. The Morgan fingerprint density at radius 1 is 1.22 bits per heavy atom. The molecule has 1 saturated heterocycles. The number of carbonyl (C=O) groups excluding carboxylic acids is 2. The van der Waals surface area contributed by atoms with E-state index in [0.29, 0.717) is 18.8 Å². The van der Waals surface area contributed by atoms with Crippen LogP contribution in [0.15, 0.2) is 42.5 Å². The number of benzene rings is 1. The van der Waals surface area contributed by atoms with Gasteiger partial charge < -0.3 is 20.1 Å². The average molecular weight is 539 g/mol. The Bertz CT molecular complexity index is 1050. The minimum atomic E-state index is -4.55. The lowest BCUT2D eigenvalue weighted by molar-refractivity contribution is -0.137. The van der Waals surface area contributed by atoms with E-state index in [-0.39, 0.29) is 30.1 Å². The van der Waals surface area contributed by atoms with Gasteiger partial charge in [-0.15, -0.1) is 0 Å². The van der Waals surface area contributed by atoms with E-state index < -0.39 is 17.6 Å². The zero-order valence-electron chi connectivity index (χ0n) is 20.8. The van der Waals surface area contributed by atoms with Gasteiger partial charge in [-0.1, -0.05) is 12.1 Å². The SMILES string of the molecule is Cc1cccc(CCCC(CCSO)N[C@H]2CCN(C(=O)CNC(=O)c3cccc(C(F)(F)F)c3)C2)n1. The molecule has 37 heavy (non-hydrogen) atoms. The van der Waals surface area contributed by atoms with E-state index in [1.807, 2.05) is 25.1 Å². The Morgan fingerprint density at radius 3 is 2.73 bits per heavy atom. The standard InChI is InChI=1S/C26H33F3N4O3S/c1-18-5-2-8-21(31-18)9-4-10-22(12-14-37-36)32-23-11-13-33(17-23)24(34)16-30-25(35)19-6-3-7-20(15-19)26(27,28)29/h2-3,5-8,15,22-23,32,36H,4,9-14,16-17H2,1H3,(H,30,35)/t22?,23-/m0/s1. The summed E-state index contributed by atoms with van der Waals surface area (Å²) in [6.07, 6.45) is -0.272. The first-order valence-electron chi connectivity index (χ1n) is 12.3. The summed E-state index contributed by atoms with van der Waals surface area (Å²) < 4.78 is 47.9. The van der Waals surface area contributed by atoms with Crippen molar-refractivity contribution < 1.29 is 27.3 Å². The molecular formula is C26H33F3N4O3S. The normalized spacial score (nSPS) is 16.6. The molecular weight excluding hydrogens is 505 g/mol. The fourth-order valence-corrected chi connectivity index (χ4v) is 4.83. The second-order valence-electron chi connectivity index (χ2n) is 9.23. The molecule has 3 N–H and O–H groups in total. The highest BCUT2D eigenvalue weighted by Crippen LogP contribution is 2.29. The van der Waals surface area contributed by atoms with E-state index in [1.54, 1.807) is 4.90 Å². The maximum absolute atomic E-state index is 12.9. The highest BCUT2D eigenvalue weighted by Gasteiger charge is 2.31. The van der Waals surface area contributed by atoms with E-state index in [1.165, 1.54) is 12.1 Å². The maximum Gasteiger partial charge on any atom is 0.416 e. The van der Waals surface area contributed by atoms with Gasteiger partial charge in [-0.05, 0) is 81.4 Å². The molecule has 3 rings (SSSR count). The number of alkyl halides is 3. The van der Waals surface area contributed by atoms with Gasteiger partial charge in [-0.25, -0.2) is 0 Å². The monoisotopic (exact) mass is 538 g/mol. The van der Waals surface area contributed by atoms with Crippen LogP contribution in [0.25, 0.3) is 0 Å². The molecule has 0 bridgehead atoms. The van der Waals surface area contributed by atoms with Gasteiger partial charge in [0.2, 0.25) is 5.91 Å². The average Bonchev–Trinajstić information content (AvgIpc) is 3.34. The number of hydrogen-bond acceptors (Lipinski definition) is 6. The van der Waals surface area contributed by atoms with Crippen LogP contribution in [0.5, 0.6) is 0 Å². The van der Waals surface area contributed by atoms with Crippen LogP contribution in [0.4, 0.5) is 13.2 Å². The predicted molar refractivity (Wildman–Crippen MR) is 137 cm³/mol. The van der Waals surface area contributed by atoms with Crippen LogP contribution in [-0.2, 0) is 17.4 Å². The minimum Gasteiger partial charge on any atom is -0.343 e. The molecule has 0 radical (unpaired) electrons. The van der Waals surface area contributed by atoms with Crippen LogP contribution < -0.4 is 10.6 Å². The smallest absolute Gasteiger partial charge is 0.343 e. The largest absolute Gasteiger partial charge is 0.416 e. The van der Waals surface area contributed by atoms with Gasteiger partial charge in [-0.2, -0.15) is 13.2 Å². The summed E-state index contributed by atoms with van der Waals surface area (Å²) in [6, 6.07) is 10.4. The maximum atomic E-state index is 12.9. The third kappa shape index (κ3) is 9.32. The van der Waals surface area contributed by atoms with Crippen molar-refractivity contribution in [3.8, 4) is 0 Å². The van der Waals surface area contributed by atoms with E-state index in [0.717, 1.165) is 67.7 Å². The van der Waals surface area contributed by atoms with Crippen molar-refractivity contribution in [3.05, 3.63) is 65.0 Å². The van der Waals surface area contributed by atoms with E-state index in [4.69, 9.17) is 0 Å². The molecule has 2 heterocycles. The summed E-state index contributed by atoms with van der Waals surface area (Å²) >= 11 is 0.815. The summed E-state index contributed by atoms with van der Waals surface area (Å²) in [7, 11) is 0. The number of rotatable bonds is 12. The number of nitrogens with zero attached hydrogens (tertiary/aromatic N) is 2. The molecule has 7 nitrogen and oxygen atoms in total. The molecule has 0 spiro atoms. The second kappa shape index (κ2) is 13.8. The van der Waals surface area contributed by atoms with E-state index >= 15 is 0 Å². The first kappa shape index (κ1) is 28.9. The summed E-state index contributed by atoms with van der Waals surface area (Å²) in [5.74, 6) is -0.396. The predicted octanol–water partition coefficient (Wildman–Crippen LogP) is 4.32. The van der Waals surface area contributed by atoms with Crippen LogP contribution in [0.2, 0.25) is 0 Å². The molecule has 2 aromatic rings. The van der Waals surface area contributed by atoms with Crippen LogP contribution in [0, 0.1) is 6.92 Å². The molecule has 1 fully saturated rings. The summed E-state index contributed by atoms with van der Waals surface area (Å²) in [6.45, 7) is 2.71. The quantitative estimate of drug-likeness (QED) is 0.349. The molecule has 0 saturated carbocycles. The zero-order chi connectivity index (χ0) is 26.8. The summed E-state index contributed by atoms with van der Waals surface area (Å²) in [5, 5.41) is 6.04. The molecule has 202 valence electrons. The van der Waals surface area contributed by atoms with E-state index in [9.17, 15) is 27.3 Å². The van der Waals surface area contributed by atoms with Crippen molar-refractivity contribution in [1.29, 1.82) is 0 Å². The van der Waals surface area contributed by atoms with Gasteiger partial charge in [0, 0.05) is 47.9 Å². The number of aryl methyl sites for hydroxylation is 2. The number of amides is 2. The Labute approximate surface area is 219 Å². The van der Waals surface area contributed by atoms with Crippen molar-refractivity contribution in [1.82, 2.24) is 20.5 Å². The lowest BCUT2D eigenvalue weighted by atomic mass is 10.0. The first-order chi connectivity index (χ1) is 17.7. The van der Waals surface area contributed by atoms with Crippen LogP contribution in [0.1, 0.15) is 53.0 Å². The molecule has 1 aliphatic heterocycles. The first-order valence-corrected chi connectivity index (χ1v) is 13.3. The summed E-state index contributed by atoms with van der Waals surface area (Å²) in [4.78, 5) is 31.1. The lowest BCUT2D eigenvalue weighted by Crippen LogP contribution is -2.43. The van der Waals surface area contributed by atoms with Crippen molar-refractivity contribution in [2.24, 2.45) is 0 Å². The van der Waals surface area contributed by atoms with Gasteiger partial charge in [0.15, 0.2) is 0 Å². The topological polar surface area (TPSA) is 94.6 Å². The fraction of sp³-hybridized carbons (Fsp3) is 0.500. The second-order valence-corrected chi connectivity index (χ2v) is 9.90. The Kier molecular flexibility index (Phi) is 10.8. The van der Waals surface area contributed by atoms with Gasteiger partial charge in [0.25, 0.3) is 5.91 Å². The number of likely N-dealkylation sites (tertiary alicyclic amines) is 1. The van der Waals surface area contributed by atoms with Crippen LogP contribution in [-0.4, -0.2) is 63.7 Å². The lowest BCUT2D eigenvalue weighted by Gasteiger charge is -2.23. The third-order valence-electron chi connectivity index (χ3n) is 6.35. The Balaban J connectivity index is 1.45. The van der Waals surface area contributed by atoms with Crippen LogP contribution in [0.3, 0.4) is 0 Å². The number of hydrogen-bond donors (Lipinski definition) is 3. The van der Waals surface area contributed by atoms with Crippen molar-refractivity contribution in [2.45, 2.75) is 57.3 Å². The number of halogens is 3. The zero-order valence-corrected chi connectivity index (χ0v) is 21.6. The van der Waals surface area contributed by atoms with Gasteiger partial charge >= 0.3 is 6.18 Å². The fourth-order valence-electron chi connectivity index (χ4n) is 4.44. The third-order valence-corrected chi connectivity index (χ3v) is 6.77. The summed E-state index contributed by atoms with van der Waals surface area (Å²) in [5.41, 5.74) is 0.990. The molecule has 1 aromatic carbocycles. The van der Waals surface area contributed by atoms with Crippen molar-refractivity contribution >= 4 is 23.9 Å². The molecule has 2 atom stereocenters. The molecule has 0 aliphatic carbocycles. The van der Waals surface area contributed by atoms with Crippen molar-refractivity contribution in [3.63, 3.8) is 0 Å². The molecule has 2 amide bonds. The highest BCUT2D eigenvalue weighted by atomic mass is 32.2. The van der Waals surface area contributed by atoms with Gasteiger partial charge in [0.1, 0.15) is 0 Å². The molecule has 11 heteroatoms. The Hall–Kier alpha value is -2.63. The highest BCUT2D eigenvalue weighted by molar-refractivity contribution is 7.93. The number of carbonyl (C=O) groups is 2. The van der Waals surface area contributed by atoms with Gasteiger partial charge in [-0.3, -0.25) is 14.6 Å². The number of pyridine rings is 1.